The first kappa shape index (κ1) is 23.3. The fourth-order valence-electron chi connectivity index (χ4n) is 3.61. The third kappa shape index (κ3) is 5.47. The van der Waals surface area contributed by atoms with Gasteiger partial charge >= 0.3 is 5.91 Å². The molecule has 1 aromatic carbocycles. The standard InChI is InChI=1S/C23H30N4O5/c1-4-26(5-2)15-17-11-12-20(32-17)23(30)25-24-22(29)16-13-21(28)27(14-16)18-9-7-8-10-19(18)31-6-3/h7-12,16H,4-6,13-15H2,1-3H3,(H,24,29)(H,25,30). The molecule has 9 heteroatoms. The van der Waals surface area contributed by atoms with E-state index in [1.165, 1.54) is 0 Å². The van der Waals surface area contributed by atoms with E-state index in [1.807, 2.05) is 19.1 Å². The minimum Gasteiger partial charge on any atom is -0.492 e. The molecule has 0 bridgehead atoms. The number of rotatable bonds is 9. The summed E-state index contributed by atoms with van der Waals surface area (Å²) in [5, 5.41) is 0. The summed E-state index contributed by atoms with van der Waals surface area (Å²) in [6.45, 7) is 9.02. The second-order valence-electron chi connectivity index (χ2n) is 7.48. The number of nitrogens with zero attached hydrogens (tertiary/aromatic N) is 2. The van der Waals surface area contributed by atoms with Crippen molar-refractivity contribution in [2.45, 2.75) is 33.7 Å². The van der Waals surface area contributed by atoms with Crippen LogP contribution in [0.2, 0.25) is 0 Å². The molecule has 1 atom stereocenters. The number of ether oxygens (including phenoxy) is 1. The number of para-hydroxylation sites is 2. The van der Waals surface area contributed by atoms with Crippen LogP contribution in [0, 0.1) is 5.92 Å². The molecule has 0 spiro atoms. The molecule has 2 heterocycles. The van der Waals surface area contributed by atoms with Gasteiger partial charge in [0.1, 0.15) is 11.5 Å². The number of carbonyl (C=O) groups is 3. The molecule has 3 rings (SSSR count). The smallest absolute Gasteiger partial charge is 0.305 e. The lowest BCUT2D eigenvalue weighted by Gasteiger charge is -2.20. The maximum atomic E-state index is 12.6. The highest BCUT2D eigenvalue weighted by Crippen LogP contribution is 2.33. The molecule has 3 amide bonds. The Hall–Kier alpha value is -3.33. The van der Waals surface area contributed by atoms with Gasteiger partial charge in [-0.15, -0.1) is 0 Å². The van der Waals surface area contributed by atoms with Crippen molar-refractivity contribution in [3.05, 3.63) is 47.9 Å². The van der Waals surface area contributed by atoms with E-state index in [0.717, 1.165) is 13.1 Å². The lowest BCUT2D eigenvalue weighted by molar-refractivity contribution is -0.126. The van der Waals surface area contributed by atoms with Crippen LogP contribution in [0.15, 0.2) is 40.8 Å². The molecule has 32 heavy (non-hydrogen) atoms. The van der Waals surface area contributed by atoms with E-state index < -0.39 is 17.7 Å². The number of nitrogens with one attached hydrogen (secondary N) is 2. The first-order valence-corrected chi connectivity index (χ1v) is 10.9. The maximum absolute atomic E-state index is 12.6. The van der Waals surface area contributed by atoms with Crippen molar-refractivity contribution in [1.29, 1.82) is 0 Å². The summed E-state index contributed by atoms with van der Waals surface area (Å²) in [4.78, 5) is 41.1. The molecule has 1 saturated heterocycles. The first-order chi connectivity index (χ1) is 15.5. The Morgan fingerprint density at radius 3 is 2.59 bits per heavy atom. The van der Waals surface area contributed by atoms with Crippen molar-refractivity contribution in [2.24, 2.45) is 5.92 Å². The van der Waals surface area contributed by atoms with E-state index in [0.29, 0.717) is 30.3 Å². The van der Waals surface area contributed by atoms with Crippen LogP contribution in [0.1, 0.15) is 43.5 Å². The molecule has 0 saturated carbocycles. The Balaban J connectivity index is 1.55. The molecule has 1 unspecified atom stereocenters. The Morgan fingerprint density at radius 2 is 1.88 bits per heavy atom. The number of anilines is 1. The Kier molecular flexibility index (Phi) is 7.88. The van der Waals surface area contributed by atoms with Crippen molar-refractivity contribution in [3.8, 4) is 5.75 Å². The highest BCUT2D eigenvalue weighted by atomic mass is 16.5. The fourth-order valence-corrected chi connectivity index (χ4v) is 3.61. The highest BCUT2D eigenvalue weighted by Gasteiger charge is 2.36. The van der Waals surface area contributed by atoms with Crippen molar-refractivity contribution >= 4 is 23.4 Å². The van der Waals surface area contributed by atoms with Crippen molar-refractivity contribution < 1.29 is 23.5 Å². The zero-order valence-electron chi connectivity index (χ0n) is 18.7. The number of benzene rings is 1. The predicted octanol–water partition coefficient (Wildman–Crippen LogP) is 2.33. The third-order valence-electron chi connectivity index (χ3n) is 5.41. The normalized spacial score (nSPS) is 15.8. The molecule has 0 radical (unpaired) electrons. The van der Waals surface area contributed by atoms with Gasteiger partial charge in [-0.05, 0) is 44.3 Å². The van der Waals surface area contributed by atoms with Crippen molar-refractivity contribution in [1.82, 2.24) is 15.8 Å². The monoisotopic (exact) mass is 442 g/mol. The zero-order valence-corrected chi connectivity index (χ0v) is 18.7. The van der Waals surface area contributed by atoms with Crippen LogP contribution < -0.4 is 20.5 Å². The lowest BCUT2D eigenvalue weighted by Crippen LogP contribution is -2.45. The molecular weight excluding hydrogens is 412 g/mol. The van der Waals surface area contributed by atoms with E-state index in [9.17, 15) is 14.4 Å². The first-order valence-electron chi connectivity index (χ1n) is 10.9. The van der Waals surface area contributed by atoms with Crippen molar-refractivity contribution in [2.75, 3.05) is 31.1 Å². The van der Waals surface area contributed by atoms with E-state index >= 15 is 0 Å². The Bertz CT molecular complexity index is 953. The second-order valence-corrected chi connectivity index (χ2v) is 7.48. The van der Waals surface area contributed by atoms with Gasteiger partial charge in [-0.2, -0.15) is 0 Å². The summed E-state index contributed by atoms with van der Waals surface area (Å²) in [7, 11) is 0. The molecule has 2 aromatic rings. The average Bonchev–Trinajstić information content (AvgIpc) is 3.43. The van der Waals surface area contributed by atoms with Gasteiger partial charge in [0.05, 0.1) is 24.8 Å². The van der Waals surface area contributed by atoms with Gasteiger partial charge in [-0.25, -0.2) is 0 Å². The molecule has 1 aliphatic heterocycles. The fraction of sp³-hybridized carbons (Fsp3) is 0.435. The molecule has 172 valence electrons. The van der Waals surface area contributed by atoms with E-state index in [4.69, 9.17) is 9.15 Å². The minimum absolute atomic E-state index is 0.0525. The largest absolute Gasteiger partial charge is 0.492 e. The van der Waals surface area contributed by atoms with Gasteiger partial charge < -0.3 is 14.1 Å². The van der Waals surface area contributed by atoms with E-state index in [1.54, 1.807) is 29.2 Å². The van der Waals surface area contributed by atoms with Crippen LogP contribution in [-0.2, 0) is 16.1 Å². The number of carbonyl (C=O) groups excluding carboxylic acids is 3. The van der Waals surface area contributed by atoms with Crippen molar-refractivity contribution in [3.63, 3.8) is 0 Å². The third-order valence-corrected chi connectivity index (χ3v) is 5.41. The molecule has 0 aliphatic carbocycles. The van der Waals surface area contributed by atoms with Crippen LogP contribution in [0.5, 0.6) is 5.75 Å². The van der Waals surface area contributed by atoms with Crippen LogP contribution in [0.25, 0.3) is 0 Å². The van der Waals surface area contributed by atoms with Gasteiger partial charge in [0, 0.05) is 13.0 Å². The molecule has 1 aromatic heterocycles. The van der Waals surface area contributed by atoms with Gasteiger partial charge in [0.15, 0.2) is 5.76 Å². The summed E-state index contributed by atoms with van der Waals surface area (Å²) in [5.41, 5.74) is 5.41. The number of hydrogen-bond acceptors (Lipinski definition) is 6. The highest BCUT2D eigenvalue weighted by molar-refractivity contribution is 6.01. The van der Waals surface area contributed by atoms with E-state index in [-0.39, 0.29) is 24.6 Å². The summed E-state index contributed by atoms with van der Waals surface area (Å²) in [6.07, 6.45) is 0.0525. The number of amides is 3. The number of hydrazine groups is 1. The van der Waals surface area contributed by atoms with Crippen LogP contribution in [0.3, 0.4) is 0 Å². The minimum atomic E-state index is -0.590. The average molecular weight is 443 g/mol. The van der Waals surface area contributed by atoms with Crippen LogP contribution in [-0.4, -0.2) is 48.9 Å². The van der Waals surface area contributed by atoms with Gasteiger partial charge in [0.25, 0.3) is 0 Å². The number of hydrogen-bond donors (Lipinski definition) is 2. The van der Waals surface area contributed by atoms with Gasteiger partial charge in [-0.3, -0.25) is 30.1 Å². The topological polar surface area (TPSA) is 104 Å². The van der Waals surface area contributed by atoms with E-state index in [2.05, 4.69) is 29.6 Å². The summed E-state index contributed by atoms with van der Waals surface area (Å²) in [5.74, 6) is -0.360. The zero-order chi connectivity index (χ0) is 23.1. The Labute approximate surface area is 187 Å². The van der Waals surface area contributed by atoms with Gasteiger partial charge in [0.2, 0.25) is 11.8 Å². The second kappa shape index (κ2) is 10.8. The Morgan fingerprint density at radius 1 is 1.12 bits per heavy atom. The molecule has 1 aliphatic rings. The SMILES string of the molecule is CCOc1ccccc1N1CC(C(=O)NNC(=O)c2ccc(CN(CC)CC)o2)CC1=O. The number of furan rings is 1. The summed E-state index contributed by atoms with van der Waals surface area (Å²) < 4.78 is 11.2. The van der Waals surface area contributed by atoms with Crippen LogP contribution in [0.4, 0.5) is 5.69 Å². The lowest BCUT2D eigenvalue weighted by atomic mass is 10.1. The maximum Gasteiger partial charge on any atom is 0.305 e. The molecule has 1 fully saturated rings. The predicted molar refractivity (Wildman–Crippen MR) is 119 cm³/mol. The molecule has 2 N–H and O–H groups in total. The molecular formula is C23H30N4O5. The van der Waals surface area contributed by atoms with Gasteiger partial charge in [-0.1, -0.05) is 26.0 Å². The van der Waals surface area contributed by atoms with Crippen LogP contribution >= 0.6 is 0 Å². The summed E-state index contributed by atoms with van der Waals surface area (Å²) in [6, 6.07) is 10.5. The summed E-state index contributed by atoms with van der Waals surface area (Å²) >= 11 is 0. The quantitative estimate of drug-likeness (QED) is 0.578. The molecule has 9 nitrogen and oxygen atoms in total.